The highest BCUT2D eigenvalue weighted by atomic mass is 127. The van der Waals surface area contributed by atoms with Gasteiger partial charge in [-0.25, -0.2) is 0 Å². The summed E-state index contributed by atoms with van der Waals surface area (Å²) in [6.07, 6.45) is -11.4. The first-order valence-corrected chi connectivity index (χ1v) is 7.86. The first-order chi connectivity index (χ1) is 11.9. The Balaban J connectivity index is 3.30. The van der Waals surface area contributed by atoms with Gasteiger partial charge in [0.2, 0.25) is 0 Å². The Hall–Kier alpha value is -0.860. The van der Waals surface area contributed by atoms with Crippen LogP contribution in [0.25, 0.3) is 0 Å². The zero-order valence-corrected chi connectivity index (χ0v) is 15.2. The average molecular weight is 530 g/mol. The lowest BCUT2D eigenvalue weighted by Gasteiger charge is -2.38. The van der Waals surface area contributed by atoms with Crippen molar-refractivity contribution >= 4 is 22.6 Å². The fourth-order valence-corrected chi connectivity index (χ4v) is 2.58. The van der Waals surface area contributed by atoms with Crippen LogP contribution < -0.4 is 0 Å². The van der Waals surface area contributed by atoms with Gasteiger partial charge in [-0.3, -0.25) is 0 Å². The molecule has 1 nitrogen and oxygen atoms in total. The van der Waals surface area contributed by atoms with Crippen LogP contribution in [-0.2, 0) is 4.74 Å². The molecule has 0 heterocycles. The molecule has 0 aliphatic carbocycles. The predicted octanol–water partition coefficient (Wildman–Crippen LogP) is 6.47. The highest BCUT2D eigenvalue weighted by Crippen LogP contribution is 2.58. The van der Waals surface area contributed by atoms with Crippen molar-refractivity contribution in [2.45, 2.75) is 42.4 Å². The molecular formula is C14H10F11IO. The topological polar surface area (TPSA) is 9.23 Å². The molecule has 0 fully saturated rings. The maximum Gasteiger partial charge on any atom is 0.460 e. The van der Waals surface area contributed by atoms with Gasteiger partial charge in [0.05, 0.1) is 6.10 Å². The third kappa shape index (κ3) is 4.27. The van der Waals surface area contributed by atoms with Crippen LogP contribution in [0.5, 0.6) is 0 Å². The van der Waals surface area contributed by atoms with Crippen molar-refractivity contribution in [3.8, 4) is 0 Å². The van der Waals surface area contributed by atoms with Gasteiger partial charge in [-0.05, 0) is 40.3 Å². The lowest BCUT2D eigenvalue weighted by molar-refractivity contribution is -0.423. The molecule has 0 bridgehead atoms. The van der Waals surface area contributed by atoms with Crippen molar-refractivity contribution < 1.29 is 53.0 Å². The minimum atomic E-state index is -7.41. The molecule has 1 atom stereocenters. The average Bonchev–Trinajstić information content (AvgIpc) is 2.50. The van der Waals surface area contributed by atoms with Gasteiger partial charge in [0.25, 0.3) is 0 Å². The van der Waals surface area contributed by atoms with E-state index in [0.29, 0.717) is 3.57 Å². The van der Waals surface area contributed by atoms with Crippen molar-refractivity contribution in [1.82, 2.24) is 0 Å². The van der Waals surface area contributed by atoms with Crippen LogP contribution in [0.3, 0.4) is 0 Å². The van der Waals surface area contributed by atoms with Crippen molar-refractivity contribution in [2.75, 3.05) is 7.11 Å². The van der Waals surface area contributed by atoms with Gasteiger partial charge < -0.3 is 4.74 Å². The van der Waals surface area contributed by atoms with Crippen LogP contribution in [0.2, 0.25) is 0 Å². The van der Waals surface area contributed by atoms with Crippen molar-refractivity contribution in [3.05, 3.63) is 33.4 Å². The quantitative estimate of drug-likeness (QED) is 0.290. The number of rotatable bonds is 7. The number of hydrogen-bond acceptors (Lipinski definition) is 1. The second-order valence-corrected chi connectivity index (χ2v) is 6.65. The summed E-state index contributed by atoms with van der Waals surface area (Å²) in [5.41, 5.74) is -0.189. The van der Waals surface area contributed by atoms with E-state index in [-0.39, 0.29) is 5.56 Å². The zero-order valence-electron chi connectivity index (χ0n) is 13.0. The SMILES string of the molecule is COC(CC(F)(F)C(F)(F)C(F)(F)C(F)(F)C(F)(F)F)c1cccc(I)c1. The molecule has 0 aliphatic rings. The molecule has 1 unspecified atom stereocenters. The van der Waals surface area contributed by atoms with E-state index in [9.17, 15) is 48.3 Å². The first kappa shape index (κ1) is 24.2. The van der Waals surface area contributed by atoms with Crippen molar-refractivity contribution in [2.24, 2.45) is 0 Å². The van der Waals surface area contributed by atoms with Crippen molar-refractivity contribution in [3.63, 3.8) is 0 Å². The lowest BCUT2D eigenvalue weighted by atomic mass is 9.92. The van der Waals surface area contributed by atoms with E-state index in [4.69, 9.17) is 0 Å². The van der Waals surface area contributed by atoms with Crippen LogP contribution in [0, 0.1) is 3.57 Å². The van der Waals surface area contributed by atoms with Crippen LogP contribution in [0.15, 0.2) is 24.3 Å². The largest absolute Gasteiger partial charge is 0.460 e. The van der Waals surface area contributed by atoms with E-state index in [0.717, 1.165) is 19.2 Å². The predicted molar refractivity (Wildman–Crippen MR) is 79.4 cm³/mol. The molecule has 0 saturated heterocycles. The molecule has 0 aromatic heterocycles. The summed E-state index contributed by atoms with van der Waals surface area (Å²) in [4.78, 5) is 0. The fraction of sp³-hybridized carbons (Fsp3) is 0.571. The minimum absolute atomic E-state index is 0.189. The first-order valence-electron chi connectivity index (χ1n) is 6.78. The molecule has 13 heteroatoms. The summed E-state index contributed by atoms with van der Waals surface area (Å²) in [6, 6.07) is 5.01. The van der Waals surface area contributed by atoms with Gasteiger partial charge in [-0.2, -0.15) is 48.3 Å². The minimum Gasteiger partial charge on any atom is -0.377 e. The summed E-state index contributed by atoms with van der Waals surface area (Å²) in [5, 5.41) is 0. The third-order valence-electron chi connectivity index (χ3n) is 3.55. The van der Waals surface area contributed by atoms with Crippen LogP contribution >= 0.6 is 22.6 Å². The van der Waals surface area contributed by atoms with Gasteiger partial charge in [-0.1, -0.05) is 12.1 Å². The molecule has 1 aromatic rings. The Kier molecular flexibility index (Phi) is 6.73. The number of ether oxygens (including phenoxy) is 1. The molecule has 27 heavy (non-hydrogen) atoms. The summed E-state index contributed by atoms with van der Waals surface area (Å²) < 4.78 is 148. The summed E-state index contributed by atoms with van der Waals surface area (Å²) in [7, 11) is 0.751. The van der Waals surface area contributed by atoms with E-state index in [2.05, 4.69) is 4.74 Å². The Bertz CT molecular complexity index is 657. The van der Waals surface area contributed by atoms with E-state index in [1.54, 1.807) is 22.6 Å². The Morgan fingerprint density at radius 3 is 1.78 bits per heavy atom. The molecule has 0 N–H and O–H groups in total. The summed E-state index contributed by atoms with van der Waals surface area (Å²) >= 11 is 1.71. The molecule has 0 saturated carbocycles. The second kappa shape index (κ2) is 7.52. The molecule has 0 radical (unpaired) electrons. The van der Waals surface area contributed by atoms with Crippen LogP contribution in [0.1, 0.15) is 18.1 Å². The summed E-state index contributed by atoms with van der Waals surface area (Å²) in [5.74, 6) is -27.8. The molecule has 1 rings (SSSR count). The zero-order chi connectivity index (χ0) is 21.5. The number of hydrogen-bond donors (Lipinski definition) is 0. The maximum atomic E-state index is 13.8. The Morgan fingerprint density at radius 1 is 0.852 bits per heavy atom. The van der Waals surface area contributed by atoms with Gasteiger partial charge >= 0.3 is 29.9 Å². The molecule has 0 spiro atoms. The van der Waals surface area contributed by atoms with Gasteiger partial charge in [-0.15, -0.1) is 0 Å². The van der Waals surface area contributed by atoms with E-state index in [1.165, 1.54) is 12.1 Å². The molecule has 0 amide bonds. The normalized spacial score (nSPS) is 15.7. The number of benzene rings is 1. The highest BCUT2D eigenvalue weighted by molar-refractivity contribution is 14.1. The standard InChI is InChI=1S/C14H10F11IO/c1-27-9(7-3-2-4-8(26)5-7)6-10(15,16)11(17,18)12(19,20)13(21,22)14(23,24)25/h2-5,9H,6H2,1H3. The lowest BCUT2D eigenvalue weighted by Crippen LogP contribution is -2.66. The van der Waals surface area contributed by atoms with Gasteiger partial charge in [0, 0.05) is 17.1 Å². The number of alkyl halides is 11. The van der Waals surface area contributed by atoms with Gasteiger partial charge in [0.15, 0.2) is 0 Å². The fourth-order valence-electron chi connectivity index (χ4n) is 2.01. The van der Waals surface area contributed by atoms with Crippen LogP contribution in [0.4, 0.5) is 48.3 Å². The van der Waals surface area contributed by atoms with Crippen LogP contribution in [-0.4, -0.2) is 37.0 Å². The second-order valence-electron chi connectivity index (χ2n) is 5.41. The maximum absolute atomic E-state index is 13.8. The molecule has 0 aliphatic heterocycles. The smallest absolute Gasteiger partial charge is 0.377 e. The molecule has 156 valence electrons. The molecule has 1 aromatic carbocycles. The Morgan fingerprint density at radius 2 is 1.37 bits per heavy atom. The van der Waals surface area contributed by atoms with Gasteiger partial charge in [0.1, 0.15) is 0 Å². The Labute approximate surface area is 159 Å². The van der Waals surface area contributed by atoms with Crippen molar-refractivity contribution in [1.29, 1.82) is 0 Å². The number of methoxy groups -OCH3 is 1. The van der Waals surface area contributed by atoms with E-state index in [1.807, 2.05) is 0 Å². The number of halogens is 12. The monoisotopic (exact) mass is 530 g/mol. The summed E-state index contributed by atoms with van der Waals surface area (Å²) in [6.45, 7) is 0. The highest BCUT2D eigenvalue weighted by Gasteiger charge is 2.87. The third-order valence-corrected chi connectivity index (χ3v) is 4.22. The van der Waals surface area contributed by atoms with E-state index >= 15 is 0 Å². The molecular weight excluding hydrogens is 520 g/mol. The van der Waals surface area contributed by atoms with E-state index < -0.39 is 42.4 Å².